The Morgan fingerprint density at radius 1 is 0.143 bits per heavy atom. The number of aliphatic hydroxyl groups excluding tert-OH is 3. The predicted molar refractivity (Wildman–Crippen MR) is 673 cm³/mol. The van der Waals surface area contributed by atoms with Crippen molar-refractivity contribution in [1.29, 1.82) is 0 Å². The molecule has 0 saturated heterocycles. The molecule has 0 aromatic rings. The third kappa shape index (κ3) is 80.5. The van der Waals surface area contributed by atoms with Crippen LogP contribution < -0.4 is 0 Å². The maximum atomic E-state index is 9.25. The fraction of sp³-hybridized carbons (Fsp3) is 1.00. The SMILES string of the molecule is CCO[Si](CCC[Si](C)(O[Si](C)(C)C)O[Si](C)(C)O[Si](C)(CCCOCCO)O[Si](C)(CCC[Si](C)(C)C)O[Si](C)(C)C)(OCC)OCC.CCO[Si](CCC[Si](C)(O[Si](C)(C)C)O[Si](C)(C)O[Si](C)(CCCOCCO)O[Si](C)(CCC[Si](C)(C)C)O[Si](C)(C)C)(OCC)OCC.CCO[Si](CCC[Si](C)(O[Si](C)(C)C)O[Si](C)(C)O[Si](C)(CCCOCCO)O[Si](C)(CCC[Si](C)(C)C)O[Si](C)(C)C)(OCC)OCC. The summed E-state index contributed by atoms with van der Waals surface area (Å²) in [6.07, 6.45) is 8.24. The van der Waals surface area contributed by atoms with Crippen LogP contribution in [0, 0.1) is 0 Å². The highest BCUT2D eigenvalue weighted by atomic mass is 28.5. The van der Waals surface area contributed by atoms with Gasteiger partial charge in [0.05, 0.1) is 39.6 Å². The van der Waals surface area contributed by atoms with Crippen LogP contribution >= 0.6 is 0 Å². The minimum Gasteiger partial charge on any atom is -0.437 e. The molecule has 0 aliphatic carbocycles. The van der Waals surface area contributed by atoms with Crippen LogP contribution in [0.4, 0.5) is 0 Å². The van der Waals surface area contributed by atoms with E-state index in [1.54, 1.807) is 0 Å². The molecule has 0 radical (unpaired) electrons. The van der Waals surface area contributed by atoms with Crippen molar-refractivity contribution in [2.24, 2.45) is 0 Å². The van der Waals surface area contributed by atoms with E-state index in [2.05, 4.69) is 275 Å². The van der Waals surface area contributed by atoms with Gasteiger partial charge in [0.15, 0.2) is 49.9 Å². The Hall–Kier alpha value is 4.01. The van der Waals surface area contributed by atoms with Crippen LogP contribution in [0.25, 0.3) is 0 Å². The van der Waals surface area contributed by atoms with E-state index in [4.69, 9.17) is 116 Å². The molecule has 0 aromatic heterocycles. The van der Waals surface area contributed by atoms with Gasteiger partial charge in [-0.15, -0.1) is 0 Å². The number of hydrogen-bond donors (Lipinski definition) is 3. The lowest BCUT2D eigenvalue weighted by molar-refractivity contribution is 0.0702. The Morgan fingerprint density at radius 3 is 0.401 bits per heavy atom. The molecule has 147 heavy (non-hydrogen) atoms. The molecule has 0 aliphatic heterocycles. The van der Waals surface area contributed by atoms with Crippen molar-refractivity contribution in [3.63, 3.8) is 0 Å². The van der Waals surface area contributed by atoms with Crippen LogP contribution in [-0.2, 0) is 116 Å². The molecular formula is C93H240O30Si24. The van der Waals surface area contributed by atoms with Gasteiger partial charge in [-0.1, -0.05) is 96.3 Å². The molecule has 0 aliphatic rings. The van der Waals surface area contributed by atoms with Gasteiger partial charge in [0.2, 0.25) is 0 Å². The minimum atomic E-state index is -2.84. The Labute approximate surface area is 931 Å². The van der Waals surface area contributed by atoms with Gasteiger partial charge in [0.25, 0.3) is 0 Å². The van der Waals surface area contributed by atoms with Crippen molar-refractivity contribution in [2.45, 2.75) is 486 Å². The quantitative estimate of drug-likeness (QED) is 0.0376. The second-order valence-electron chi connectivity index (χ2n) is 51.7. The molecule has 30 nitrogen and oxygen atoms in total. The first-order valence-electron chi connectivity index (χ1n) is 56.4. The van der Waals surface area contributed by atoms with E-state index in [0.29, 0.717) is 99.1 Å². The van der Waals surface area contributed by atoms with E-state index in [1.165, 1.54) is 18.1 Å². The van der Waals surface area contributed by atoms with Crippen molar-refractivity contribution >= 4 is 203 Å². The zero-order valence-electron chi connectivity index (χ0n) is 105. The van der Waals surface area contributed by atoms with Crippen LogP contribution in [0.5, 0.6) is 0 Å². The van der Waals surface area contributed by atoms with E-state index in [0.717, 1.165) is 130 Å². The topological polar surface area (TPSA) is 310 Å². The summed E-state index contributed by atoms with van der Waals surface area (Å²) in [6, 6.07) is 13.5. The summed E-state index contributed by atoms with van der Waals surface area (Å²) < 4.78 is 180. The van der Waals surface area contributed by atoms with E-state index in [-0.39, 0.29) is 19.8 Å². The highest BCUT2D eigenvalue weighted by Crippen LogP contribution is 2.42. The zero-order valence-corrected chi connectivity index (χ0v) is 129. The van der Waals surface area contributed by atoms with Crippen molar-refractivity contribution in [3.8, 4) is 0 Å². The Morgan fingerprint density at radius 2 is 0.272 bits per heavy atom. The normalized spacial score (nSPS) is 17.5. The summed E-state index contributed by atoms with van der Waals surface area (Å²) in [6.45, 7) is 121. The van der Waals surface area contributed by atoms with Gasteiger partial charge in [-0.05, 0) is 371 Å². The van der Waals surface area contributed by atoms with Crippen LogP contribution in [0.3, 0.4) is 0 Å². The second kappa shape index (κ2) is 70.7. The molecule has 0 spiro atoms. The highest BCUT2D eigenvalue weighted by Gasteiger charge is 2.57. The van der Waals surface area contributed by atoms with E-state index < -0.39 is 203 Å². The lowest BCUT2D eigenvalue weighted by Crippen LogP contribution is -2.62. The van der Waals surface area contributed by atoms with Crippen molar-refractivity contribution < 1.29 is 131 Å². The number of hydrogen-bond acceptors (Lipinski definition) is 30. The number of aliphatic hydroxyl groups is 3. The maximum absolute atomic E-state index is 9.25. The van der Waals surface area contributed by atoms with Crippen molar-refractivity contribution in [2.75, 3.05) is 119 Å². The lowest BCUT2D eigenvalue weighted by atomic mass is 10.5. The fourth-order valence-corrected chi connectivity index (χ4v) is 121. The zero-order chi connectivity index (χ0) is 115. The average Bonchev–Trinajstić information content (AvgIpc) is 0.801. The standard InChI is InChI=1S/3C31H80O10Si8/c3*1-18-34-49(35-19-2,36-20-3)31-23-30-46(15,37-43(7,8)9)39-45(13,14)40-48(17,28-21-25-33-26-24-32)41-47(16,38-44(10,11)12)29-22-27-42(4,5)6/h3*32H,18-31H2,1-17H3. The molecule has 9 unspecified atom stereocenters. The summed E-state index contributed by atoms with van der Waals surface area (Å²) in [5.41, 5.74) is 0. The molecule has 54 heteroatoms. The molecule has 0 rings (SSSR count). The fourth-order valence-electron chi connectivity index (χ4n) is 19.2. The minimum absolute atomic E-state index is 0.0191. The molecule has 3 N–H and O–H groups in total. The number of ether oxygens (including phenoxy) is 3. The first-order chi connectivity index (χ1) is 66.6. The van der Waals surface area contributed by atoms with Gasteiger partial charge in [0, 0.05) is 122 Å². The molecule has 888 valence electrons. The number of rotatable bonds is 90. The molecule has 0 aromatic carbocycles. The smallest absolute Gasteiger partial charge is 0.437 e. The first-order valence-corrected chi connectivity index (χ1v) is 125. The van der Waals surface area contributed by atoms with Gasteiger partial charge in [-0.3, -0.25) is 0 Å². The van der Waals surface area contributed by atoms with Gasteiger partial charge in [-0.25, -0.2) is 0 Å². The Balaban J connectivity index is -0.00000212. The summed E-state index contributed by atoms with van der Waals surface area (Å²) in [7, 11) is -56.4. The van der Waals surface area contributed by atoms with Gasteiger partial charge in [0.1, 0.15) is 0 Å². The maximum Gasteiger partial charge on any atom is 0.500 e. The summed E-state index contributed by atoms with van der Waals surface area (Å²) in [5.74, 6) is 0. The summed E-state index contributed by atoms with van der Waals surface area (Å²) in [4.78, 5) is 0. The van der Waals surface area contributed by atoms with Gasteiger partial charge < -0.3 is 131 Å². The molecule has 0 amide bonds. The van der Waals surface area contributed by atoms with Crippen LogP contribution in [-0.4, -0.2) is 338 Å². The van der Waals surface area contributed by atoms with E-state index in [9.17, 15) is 15.3 Å². The Bertz CT molecular complexity index is 3000. The second-order valence-corrected chi connectivity index (χ2v) is 148. The van der Waals surface area contributed by atoms with E-state index in [1.807, 2.05) is 62.3 Å². The molecule has 0 fully saturated rings. The predicted octanol–water partition coefficient (Wildman–Crippen LogP) is 27.7. The molecular weight excluding hydrogens is 2270 g/mol. The molecule has 0 saturated carbocycles. The molecule has 0 bridgehead atoms. The van der Waals surface area contributed by atoms with Crippen LogP contribution in [0.1, 0.15) is 120 Å². The first kappa shape index (κ1) is 155. The summed E-state index contributed by atoms with van der Waals surface area (Å²) >= 11 is 0. The molecule has 9 atom stereocenters. The summed E-state index contributed by atoms with van der Waals surface area (Å²) in [5, 5.41) is 27.7. The Kier molecular flexibility index (Phi) is 74.6. The van der Waals surface area contributed by atoms with Crippen LogP contribution in [0.15, 0.2) is 0 Å². The third-order valence-corrected chi connectivity index (χ3v) is 106. The monoisotopic (exact) mass is 2510 g/mol. The van der Waals surface area contributed by atoms with Gasteiger partial charge in [-0.2, -0.15) is 0 Å². The lowest BCUT2D eigenvalue weighted by Gasteiger charge is -2.46. The van der Waals surface area contributed by atoms with Crippen LogP contribution in [0.2, 0.25) is 366 Å². The third-order valence-electron chi connectivity index (χ3n) is 22.0. The largest absolute Gasteiger partial charge is 0.500 e. The van der Waals surface area contributed by atoms with Crippen molar-refractivity contribution in [3.05, 3.63) is 0 Å². The molecule has 0 heterocycles. The highest BCUT2D eigenvalue weighted by molar-refractivity contribution is 6.96. The average molecular weight is 2510 g/mol. The van der Waals surface area contributed by atoms with Crippen molar-refractivity contribution in [1.82, 2.24) is 0 Å². The van der Waals surface area contributed by atoms with E-state index >= 15 is 0 Å². The van der Waals surface area contributed by atoms with Gasteiger partial charge >= 0.3 is 129 Å².